The molecule has 6 nitrogen and oxygen atoms in total. The van der Waals surface area contributed by atoms with Crippen molar-refractivity contribution in [3.63, 3.8) is 0 Å². The molecule has 0 spiro atoms. The lowest BCUT2D eigenvalue weighted by molar-refractivity contribution is 0.0686. The average Bonchev–Trinajstić information content (AvgIpc) is 2.58. The summed E-state index contributed by atoms with van der Waals surface area (Å²) in [5.74, 6) is -1.18. The number of aromatic carboxylic acids is 1. The average molecular weight is 323 g/mol. The van der Waals surface area contributed by atoms with E-state index in [1.807, 2.05) is 0 Å². The van der Waals surface area contributed by atoms with Crippen molar-refractivity contribution in [3.8, 4) is 0 Å². The molecule has 0 saturated carbocycles. The minimum Gasteiger partial charge on any atom is -0.477 e. The molecule has 8 heteroatoms. The Kier molecular flexibility index (Phi) is 4.12. The Hall–Kier alpha value is -1.12. The zero-order valence-electron chi connectivity index (χ0n) is 8.97. The third-order valence-electron chi connectivity index (χ3n) is 1.96. The molecule has 0 unspecified atom stereocenters. The van der Waals surface area contributed by atoms with E-state index in [1.165, 1.54) is 17.8 Å². The van der Waals surface area contributed by atoms with E-state index < -0.39 is 16.0 Å². The summed E-state index contributed by atoms with van der Waals surface area (Å²) in [4.78, 5) is 10.7. The van der Waals surface area contributed by atoms with E-state index in [-0.39, 0.29) is 17.1 Å². The van der Waals surface area contributed by atoms with Crippen LogP contribution in [0.25, 0.3) is 0 Å². The molecular weight excluding hydrogens is 312 g/mol. The molecule has 0 saturated heterocycles. The minimum absolute atomic E-state index is 0.0413. The van der Waals surface area contributed by atoms with Crippen LogP contribution in [-0.2, 0) is 17.1 Å². The molecule has 1 aromatic rings. The third-order valence-corrected chi connectivity index (χ3v) is 3.61. The Labute approximate surface area is 107 Å². The predicted octanol–water partition coefficient (Wildman–Crippen LogP) is 0.910. The van der Waals surface area contributed by atoms with Gasteiger partial charge < -0.3 is 9.67 Å². The fourth-order valence-electron chi connectivity index (χ4n) is 1.15. The molecule has 0 aromatic carbocycles. The molecule has 0 amide bonds. The van der Waals surface area contributed by atoms with E-state index >= 15 is 0 Å². The van der Waals surface area contributed by atoms with Gasteiger partial charge >= 0.3 is 5.97 Å². The van der Waals surface area contributed by atoms with Gasteiger partial charge in [-0.25, -0.2) is 17.9 Å². The first kappa shape index (κ1) is 13.9. The van der Waals surface area contributed by atoms with Gasteiger partial charge in [0.2, 0.25) is 10.0 Å². The highest BCUT2D eigenvalue weighted by Crippen LogP contribution is 2.13. The first-order chi connectivity index (χ1) is 7.74. The topological polar surface area (TPSA) is 88.4 Å². The van der Waals surface area contributed by atoms with Crippen LogP contribution in [0, 0.1) is 0 Å². The van der Waals surface area contributed by atoms with Gasteiger partial charge in [0.25, 0.3) is 0 Å². The minimum atomic E-state index is -3.72. The van der Waals surface area contributed by atoms with Gasteiger partial charge in [-0.3, -0.25) is 0 Å². The second-order valence-electron chi connectivity index (χ2n) is 3.32. The lowest BCUT2D eigenvalue weighted by atomic mass is 10.4. The zero-order chi connectivity index (χ0) is 13.2. The van der Waals surface area contributed by atoms with Gasteiger partial charge in [0.15, 0.2) is 0 Å². The number of aromatic nitrogens is 1. The molecule has 1 rings (SSSR count). The largest absolute Gasteiger partial charge is 0.477 e. The van der Waals surface area contributed by atoms with Crippen LogP contribution in [0.5, 0.6) is 0 Å². The number of rotatable bonds is 5. The summed E-state index contributed by atoms with van der Waals surface area (Å²) >= 11 is 3.02. The summed E-state index contributed by atoms with van der Waals surface area (Å²) in [6, 6.07) is 1.10. The van der Waals surface area contributed by atoms with Gasteiger partial charge in [-0.2, -0.15) is 0 Å². The van der Waals surface area contributed by atoms with Crippen LogP contribution in [0.4, 0.5) is 0 Å². The van der Waals surface area contributed by atoms with E-state index in [4.69, 9.17) is 5.11 Å². The molecule has 0 bridgehead atoms. The van der Waals surface area contributed by atoms with Crippen LogP contribution >= 0.6 is 15.9 Å². The van der Waals surface area contributed by atoms with Crippen molar-refractivity contribution in [2.45, 2.75) is 4.90 Å². The van der Waals surface area contributed by atoms with Crippen LogP contribution in [0.1, 0.15) is 10.5 Å². The van der Waals surface area contributed by atoms with Crippen LogP contribution in [0.3, 0.4) is 0 Å². The number of carbonyl (C=O) groups is 1. The zero-order valence-corrected chi connectivity index (χ0v) is 11.4. The van der Waals surface area contributed by atoms with Gasteiger partial charge in [-0.15, -0.1) is 0 Å². The van der Waals surface area contributed by atoms with E-state index in [9.17, 15) is 13.2 Å². The Morgan fingerprint density at radius 1 is 1.65 bits per heavy atom. The molecule has 0 atom stereocenters. The summed E-state index contributed by atoms with van der Waals surface area (Å²) in [5, 5.41) is 8.81. The van der Waals surface area contributed by atoms with Crippen molar-refractivity contribution in [2.75, 3.05) is 6.54 Å². The number of nitrogens with zero attached hydrogens (tertiary/aromatic N) is 1. The number of carboxylic acid groups (broad SMARTS) is 1. The standard InChI is InChI=1S/C9H11BrN2O4S/c1-6(10)4-11-17(15,16)7-3-8(9(13)14)12(2)5-7/h3,5,11H,1,4H2,2H3,(H,13,14). The Morgan fingerprint density at radius 3 is 2.65 bits per heavy atom. The first-order valence-corrected chi connectivity index (χ1v) is 6.74. The van der Waals surface area contributed by atoms with Gasteiger partial charge in [-0.05, 0) is 6.07 Å². The van der Waals surface area contributed by atoms with Crippen molar-refractivity contribution < 1.29 is 18.3 Å². The highest BCUT2D eigenvalue weighted by Gasteiger charge is 2.19. The van der Waals surface area contributed by atoms with E-state index in [0.717, 1.165) is 6.07 Å². The highest BCUT2D eigenvalue weighted by molar-refractivity contribution is 9.11. The normalized spacial score (nSPS) is 11.4. The van der Waals surface area contributed by atoms with Crippen LogP contribution in [-0.4, -0.2) is 30.6 Å². The third kappa shape index (κ3) is 3.42. The molecule has 0 fully saturated rings. The van der Waals surface area contributed by atoms with Gasteiger partial charge in [-0.1, -0.05) is 22.5 Å². The second-order valence-corrected chi connectivity index (χ2v) is 6.21. The molecule has 0 aliphatic rings. The Balaban J connectivity index is 3.04. The molecule has 17 heavy (non-hydrogen) atoms. The predicted molar refractivity (Wildman–Crippen MR) is 65.6 cm³/mol. The highest BCUT2D eigenvalue weighted by atomic mass is 79.9. The number of carboxylic acids is 1. The summed E-state index contributed by atoms with van der Waals surface area (Å²) < 4.78 is 27.5. The molecule has 0 aliphatic heterocycles. The molecule has 0 aliphatic carbocycles. The van der Waals surface area contributed by atoms with Gasteiger partial charge in [0.05, 0.1) is 0 Å². The van der Waals surface area contributed by atoms with Crippen LogP contribution in [0.15, 0.2) is 28.2 Å². The molecule has 94 valence electrons. The lowest BCUT2D eigenvalue weighted by Crippen LogP contribution is -2.24. The fourth-order valence-corrected chi connectivity index (χ4v) is 2.57. The first-order valence-electron chi connectivity index (χ1n) is 4.46. The number of sulfonamides is 1. The Bertz CT molecular complexity index is 562. The second kappa shape index (κ2) is 5.03. The monoisotopic (exact) mass is 322 g/mol. The summed E-state index contributed by atoms with van der Waals surface area (Å²) in [7, 11) is -2.25. The quantitative estimate of drug-likeness (QED) is 0.843. The lowest BCUT2D eigenvalue weighted by Gasteiger charge is -2.02. The Morgan fingerprint density at radius 2 is 2.24 bits per heavy atom. The van der Waals surface area contributed by atoms with E-state index in [2.05, 4.69) is 27.2 Å². The SMILES string of the molecule is C=C(Br)CNS(=O)(=O)c1cc(C(=O)O)n(C)c1. The van der Waals surface area contributed by atoms with Crippen molar-refractivity contribution in [1.29, 1.82) is 0 Å². The molecule has 0 radical (unpaired) electrons. The number of halogens is 1. The smallest absolute Gasteiger partial charge is 0.352 e. The number of nitrogens with one attached hydrogen (secondary N) is 1. The van der Waals surface area contributed by atoms with E-state index in [0.29, 0.717) is 4.48 Å². The van der Waals surface area contributed by atoms with Crippen molar-refractivity contribution in [1.82, 2.24) is 9.29 Å². The molecular formula is C9H11BrN2O4S. The van der Waals surface area contributed by atoms with Crippen molar-refractivity contribution in [2.24, 2.45) is 7.05 Å². The summed E-state index contributed by atoms with van der Waals surface area (Å²) in [6.07, 6.45) is 1.24. The van der Waals surface area contributed by atoms with Crippen LogP contribution < -0.4 is 4.72 Å². The maximum atomic E-state index is 11.7. The van der Waals surface area contributed by atoms with Gasteiger partial charge in [0, 0.05) is 24.3 Å². The summed E-state index contributed by atoms with van der Waals surface area (Å²) in [5.41, 5.74) is -0.0944. The molecule has 1 heterocycles. The maximum Gasteiger partial charge on any atom is 0.352 e. The molecule has 1 aromatic heterocycles. The van der Waals surface area contributed by atoms with Crippen molar-refractivity contribution in [3.05, 3.63) is 29.0 Å². The number of hydrogen-bond donors (Lipinski definition) is 2. The molecule has 2 N–H and O–H groups in total. The van der Waals surface area contributed by atoms with E-state index in [1.54, 1.807) is 0 Å². The fraction of sp³-hybridized carbons (Fsp3) is 0.222. The van der Waals surface area contributed by atoms with Crippen molar-refractivity contribution >= 4 is 31.9 Å². The summed E-state index contributed by atoms with van der Waals surface area (Å²) in [6.45, 7) is 3.53. The van der Waals surface area contributed by atoms with Gasteiger partial charge in [0.1, 0.15) is 10.6 Å². The maximum absolute atomic E-state index is 11.7. The number of aryl methyl sites for hydroxylation is 1. The van der Waals surface area contributed by atoms with Crippen LogP contribution in [0.2, 0.25) is 0 Å². The number of hydrogen-bond acceptors (Lipinski definition) is 3.